The van der Waals surface area contributed by atoms with Crippen LogP contribution in [-0.4, -0.2) is 35.8 Å². The molecule has 1 atom stereocenters. The molecular formula is C25H27ClN2O4. The number of rotatable bonds is 5. The van der Waals surface area contributed by atoms with E-state index in [0.717, 1.165) is 11.1 Å². The van der Waals surface area contributed by atoms with Gasteiger partial charge in [0.25, 0.3) is 0 Å². The van der Waals surface area contributed by atoms with Crippen LogP contribution in [0.2, 0.25) is 5.02 Å². The van der Waals surface area contributed by atoms with Crippen molar-refractivity contribution < 1.29 is 19.1 Å². The highest BCUT2D eigenvalue weighted by molar-refractivity contribution is 6.30. The highest BCUT2D eigenvalue weighted by Gasteiger charge is 2.22. The van der Waals surface area contributed by atoms with Crippen LogP contribution in [0.3, 0.4) is 0 Å². The lowest BCUT2D eigenvalue weighted by molar-refractivity contribution is -0.150. The number of halogens is 1. The Morgan fingerprint density at radius 3 is 2.53 bits per heavy atom. The number of cyclic esters (lactones) is 1. The van der Waals surface area contributed by atoms with Gasteiger partial charge in [0, 0.05) is 31.0 Å². The Kier molecular flexibility index (Phi) is 8.87. The van der Waals surface area contributed by atoms with Gasteiger partial charge in [-0.1, -0.05) is 66.2 Å². The van der Waals surface area contributed by atoms with Crippen molar-refractivity contribution in [2.45, 2.75) is 38.3 Å². The summed E-state index contributed by atoms with van der Waals surface area (Å²) < 4.78 is 5.64. The summed E-state index contributed by atoms with van der Waals surface area (Å²) in [5.41, 5.74) is 1.78. The fourth-order valence-electron chi connectivity index (χ4n) is 3.40. The Balaban J connectivity index is 1.62. The maximum absolute atomic E-state index is 12.9. The highest BCUT2D eigenvalue weighted by atomic mass is 35.5. The summed E-state index contributed by atoms with van der Waals surface area (Å²) in [6.45, 7) is 0.644. The second-order valence-electron chi connectivity index (χ2n) is 7.62. The van der Waals surface area contributed by atoms with E-state index in [1.807, 2.05) is 54.6 Å². The van der Waals surface area contributed by atoms with Crippen molar-refractivity contribution >= 4 is 29.4 Å². The molecule has 168 valence electrons. The molecule has 0 saturated carbocycles. The molecule has 1 heterocycles. The summed E-state index contributed by atoms with van der Waals surface area (Å²) in [4.78, 5) is 39.1. The van der Waals surface area contributed by atoms with Crippen molar-refractivity contribution in [3.8, 4) is 0 Å². The van der Waals surface area contributed by atoms with Gasteiger partial charge in [0.1, 0.15) is 6.10 Å². The van der Waals surface area contributed by atoms with E-state index in [0.29, 0.717) is 31.0 Å². The van der Waals surface area contributed by atoms with Gasteiger partial charge in [0.05, 0.1) is 6.54 Å². The summed E-state index contributed by atoms with van der Waals surface area (Å²) in [6.07, 6.45) is 4.49. The first-order valence-corrected chi connectivity index (χ1v) is 11.1. The zero-order valence-corrected chi connectivity index (χ0v) is 18.6. The highest BCUT2D eigenvalue weighted by Crippen LogP contribution is 2.24. The van der Waals surface area contributed by atoms with Gasteiger partial charge in [-0.25, -0.2) is 0 Å². The number of esters is 1. The third-order valence-corrected chi connectivity index (χ3v) is 5.42. The Labute approximate surface area is 193 Å². The van der Waals surface area contributed by atoms with E-state index in [-0.39, 0.29) is 37.2 Å². The average molecular weight is 455 g/mol. The van der Waals surface area contributed by atoms with Gasteiger partial charge in [-0.3, -0.25) is 14.4 Å². The fourth-order valence-corrected chi connectivity index (χ4v) is 3.53. The second kappa shape index (κ2) is 12.1. The van der Waals surface area contributed by atoms with Gasteiger partial charge >= 0.3 is 5.97 Å². The predicted molar refractivity (Wildman–Crippen MR) is 123 cm³/mol. The summed E-state index contributed by atoms with van der Waals surface area (Å²) in [7, 11) is 0. The number of nitrogens with zero attached hydrogens (tertiary/aromatic N) is 1. The number of benzene rings is 2. The van der Waals surface area contributed by atoms with Crippen LogP contribution < -0.4 is 5.32 Å². The molecule has 3 rings (SSSR count). The SMILES string of the molecule is O=C(CN1CC=CCCC(=O)OC(c2ccccc2)CCC1=O)NCc1ccc(Cl)cc1. The molecule has 7 heteroatoms. The zero-order chi connectivity index (χ0) is 22.8. The van der Waals surface area contributed by atoms with Crippen molar-refractivity contribution in [1.82, 2.24) is 10.2 Å². The molecule has 2 aromatic rings. The largest absolute Gasteiger partial charge is 0.457 e. The lowest BCUT2D eigenvalue weighted by Gasteiger charge is -2.23. The van der Waals surface area contributed by atoms with E-state index in [2.05, 4.69) is 5.32 Å². The second-order valence-corrected chi connectivity index (χ2v) is 8.05. The van der Waals surface area contributed by atoms with Crippen LogP contribution in [0.4, 0.5) is 0 Å². The summed E-state index contributed by atoms with van der Waals surface area (Å²) in [5.74, 6) is -0.677. The van der Waals surface area contributed by atoms with Crippen molar-refractivity contribution in [2.75, 3.05) is 13.1 Å². The van der Waals surface area contributed by atoms with E-state index in [9.17, 15) is 14.4 Å². The zero-order valence-electron chi connectivity index (χ0n) is 17.8. The van der Waals surface area contributed by atoms with Crippen LogP contribution in [0.15, 0.2) is 66.7 Å². The van der Waals surface area contributed by atoms with E-state index >= 15 is 0 Å². The molecule has 0 aliphatic carbocycles. The van der Waals surface area contributed by atoms with E-state index in [1.54, 1.807) is 12.1 Å². The van der Waals surface area contributed by atoms with E-state index in [1.165, 1.54) is 4.90 Å². The molecule has 6 nitrogen and oxygen atoms in total. The van der Waals surface area contributed by atoms with Gasteiger partial charge in [-0.2, -0.15) is 0 Å². The number of nitrogens with one attached hydrogen (secondary N) is 1. The summed E-state index contributed by atoms with van der Waals surface area (Å²) >= 11 is 5.89. The maximum Gasteiger partial charge on any atom is 0.306 e. The number of ether oxygens (including phenoxy) is 1. The Hall–Kier alpha value is -3.12. The lowest BCUT2D eigenvalue weighted by Crippen LogP contribution is -2.40. The van der Waals surface area contributed by atoms with Crippen LogP contribution in [0.1, 0.15) is 42.9 Å². The number of carbonyl (C=O) groups excluding carboxylic acids is 3. The molecule has 32 heavy (non-hydrogen) atoms. The van der Waals surface area contributed by atoms with Crippen molar-refractivity contribution in [3.05, 3.63) is 82.9 Å². The molecule has 1 aliphatic rings. The van der Waals surface area contributed by atoms with Crippen LogP contribution in [0, 0.1) is 0 Å². The normalized spacial score (nSPS) is 17.8. The van der Waals surface area contributed by atoms with E-state index < -0.39 is 6.10 Å². The van der Waals surface area contributed by atoms with Gasteiger partial charge in [0.15, 0.2) is 0 Å². The first-order valence-electron chi connectivity index (χ1n) is 10.7. The third kappa shape index (κ3) is 7.54. The number of hydrogen-bond donors (Lipinski definition) is 1. The van der Waals surface area contributed by atoms with Gasteiger partial charge in [-0.05, 0) is 36.1 Å². The summed E-state index contributed by atoms with van der Waals surface area (Å²) in [6, 6.07) is 16.6. The molecule has 1 unspecified atom stereocenters. The van der Waals surface area contributed by atoms with E-state index in [4.69, 9.17) is 16.3 Å². The number of carbonyl (C=O) groups is 3. The smallest absolute Gasteiger partial charge is 0.306 e. The van der Waals surface area contributed by atoms with Crippen LogP contribution in [0.5, 0.6) is 0 Å². The monoisotopic (exact) mass is 454 g/mol. The fraction of sp³-hybridized carbons (Fsp3) is 0.320. The van der Waals surface area contributed by atoms with Crippen LogP contribution in [-0.2, 0) is 25.7 Å². The molecule has 0 fully saturated rings. The van der Waals surface area contributed by atoms with Crippen molar-refractivity contribution in [1.29, 1.82) is 0 Å². The molecule has 1 N–H and O–H groups in total. The predicted octanol–water partition coefficient (Wildman–Crippen LogP) is 4.20. The lowest BCUT2D eigenvalue weighted by atomic mass is 10.0. The number of amides is 2. The minimum Gasteiger partial charge on any atom is -0.457 e. The average Bonchev–Trinajstić information content (AvgIpc) is 2.80. The number of hydrogen-bond acceptors (Lipinski definition) is 4. The molecule has 1 aliphatic heterocycles. The third-order valence-electron chi connectivity index (χ3n) is 5.16. The quantitative estimate of drug-likeness (QED) is 0.542. The van der Waals surface area contributed by atoms with Crippen LogP contribution in [0.25, 0.3) is 0 Å². The first kappa shape index (κ1) is 23.5. The molecular weight excluding hydrogens is 428 g/mol. The molecule has 0 saturated heterocycles. The van der Waals surface area contributed by atoms with Crippen LogP contribution >= 0.6 is 11.6 Å². The Morgan fingerprint density at radius 2 is 1.78 bits per heavy atom. The molecule has 2 aromatic carbocycles. The van der Waals surface area contributed by atoms with Crippen molar-refractivity contribution in [2.24, 2.45) is 0 Å². The Bertz CT molecular complexity index is 944. The van der Waals surface area contributed by atoms with Crippen molar-refractivity contribution in [3.63, 3.8) is 0 Å². The van der Waals surface area contributed by atoms with Gasteiger partial charge in [-0.15, -0.1) is 0 Å². The minimum atomic E-state index is -0.489. The Morgan fingerprint density at radius 1 is 1.03 bits per heavy atom. The molecule has 0 radical (unpaired) electrons. The molecule has 0 bridgehead atoms. The topological polar surface area (TPSA) is 75.7 Å². The number of allylic oxidation sites excluding steroid dienone is 1. The molecule has 0 spiro atoms. The standard InChI is InChI=1S/C25H27ClN2O4/c26-21-12-10-19(11-13-21)17-27-23(29)18-28-16-6-2-5-9-25(31)32-22(14-15-24(28)30)20-7-3-1-4-8-20/h1-4,6-8,10-13,22H,5,9,14-18H2,(H,27,29). The summed E-state index contributed by atoms with van der Waals surface area (Å²) in [5, 5.41) is 3.48. The minimum absolute atomic E-state index is 0.0352. The maximum atomic E-state index is 12.9. The van der Waals surface area contributed by atoms with Gasteiger partial charge in [0.2, 0.25) is 11.8 Å². The first-order chi connectivity index (χ1) is 15.5. The van der Waals surface area contributed by atoms with Gasteiger partial charge < -0.3 is 15.0 Å². The molecule has 2 amide bonds. The molecule has 0 aromatic heterocycles.